The fourth-order valence-corrected chi connectivity index (χ4v) is 2.32. The number of nitrogens with zero attached hydrogens (tertiary/aromatic N) is 1. The number of furan rings is 1. The molecule has 0 unspecified atom stereocenters. The fourth-order valence-electron chi connectivity index (χ4n) is 1.53. The first-order chi connectivity index (χ1) is 10.6. The molecular formula is C14H11N2O5S-. The maximum atomic E-state index is 11.7. The Morgan fingerprint density at radius 2 is 2.32 bits per heavy atom. The predicted octanol–water partition coefficient (Wildman–Crippen LogP) is 1.09. The molecule has 0 saturated carbocycles. The maximum Gasteiger partial charge on any atom is 0.248 e. The van der Waals surface area contributed by atoms with Crippen LogP contribution in [0.5, 0.6) is 0 Å². The number of amides is 1. The Morgan fingerprint density at radius 3 is 2.95 bits per heavy atom. The lowest BCUT2D eigenvalue weighted by Gasteiger charge is -2.03. The van der Waals surface area contributed by atoms with Crippen molar-refractivity contribution in [2.75, 3.05) is 12.4 Å². The van der Waals surface area contributed by atoms with Gasteiger partial charge in [-0.25, -0.2) is 0 Å². The smallest absolute Gasteiger partial charge is 0.248 e. The van der Waals surface area contributed by atoms with Crippen LogP contribution in [-0.2, 0) is 14.4 Å². The molecule has 0 radical (unpaired) electrons. The molecule has 0 aromatic carbocycles. The minimum atomic E-state index is -1.46. The number of nitrogens with one attached hydrogen (secondary N) is 1. The van der Waals surface area contributed by atoms with E-state index in [1.54, 1.807) is 12.1 Å². The summed E-state index contributed by atoms with van der Waals surface area (Å²) in [5, 5.41) is 18.9. The first-order valence-corrected chi connectivity index (χ1v) is 6.91. The van der Waals surface area contributed by atoms with Gasteiger partial charge in [0.15, 0.2) is 0 Å². The van der Waals surface area contributed by atoms with Gasteiger partial charge in [0.2, 0.25) is 5.91 Å². The van der Waals surface area contributed by atoms with Crippen molar-refractivity contribution in [1.29, 1.82) is 0 Å². The van der Waals surface area contributed by atoms with Crippen LogP contribution in [0.15, 0.2) is 45.7 Å². The molecule has 7 nitrogen and oxygen atoms in total. The van der Waals surface area contributed by atoms with Gasteiger partial charge < -0.3 is 24.5 Å². The first-order valence-electron chi connectivity index (χ1n) is 6.03. The molecule has 2 aromatic heterocycles. The number of aliphatic carboxylic acids is 1. The monoisotopic (exact) mass is 319 g/mol. The van der Waals surface area contributed by atoms with E-state index in [4.69, 9.17) is 4.42 Å². The van der Waals surface area contributed by atoms with Gasteiger partial charge >= 0.3 is 0 Å². The zero-order valence-corrected chi connectivity index (χ0v) is 12.3. The molecule has 0 aliphatic carbocycles. The number of carbonyl (C=O) groups excluding carboxylic acids is 2. The van der Waals surface area contributed by atoms with Gasteiger partial charge in [-0.2, -0.15) is 0 Å². The van der Waals surface area contributed by atoms with Gasteiger partial charge in [-0.3, -0.25) is 4.79 Å². The van der Waals surface area contributed by atoms with Crippen molar-refractivity contribution in [1.82, 2.24) is 0 Å². The van der Waals surface area contributed by atoms with Gasteiger partial charge in [0, 0.05) is 22.6 Å². The molecule has 22 heavy (non-hydrogen) atoms. The lowest BCUT2D eigenvalue weighted by Crippen LogP contribution is -2.32. The van der Waals surface area contributed by atoms with Crippen LogP contribution in [0.25, 0.3) is 6.08 Å². The van der Waals surface area contributed by atoms with Crippen molar-refractivity contribution < 1.29 is 24.0 Å². The van der Waals surface area contributed by atoms with Crippen LogP contribution in [0, 0.1) is 0 Å². The summed E-state index contributed by atoms with van der Waals surface area (Å²) in [6, 6.07) is 3.18. The van der Waals surface area contributed by atoms with Crippen LogP contribution in [-0.4, -0.2) is 24.7 Å². The van der Waals surface area contributed by atoms with Crippen molar-refractivity contribution >= 4 is 40.0 Å². The minimum absolute atomic E-state index is 0.293. The normalized spacial score (nSPS) is 11.6. The van der Waals surface area contributed by atoms with E-state index >= 15 is 0 Å². The van der Waals surface area contributed by atoms with Gasteiger partial charge in [0.1, 0.15) is 12.8 Å². The second-order valence-electron chi connectivity index (χ2n) is 3.99. The first kappa shape index (κ1) is 15.5. The van der Waals surface area contributed by atoms with Crippen molar-refractivity contribution in [3.05, 3.63) is 47.2 Å². The summed E-state index contributed by atoms with van der Waals surface area (Å²) in [6.45, 7) is 0. The highest BCUT2D eigenvalue weighted by Crippen LogP contribution is 2.21. The van der Waals surface area contributed by atoms with Crippen LogP contribution >= 0.6 is 11.3 Å². The Bertz CT molecular complexity index is 715. The van der Waals surface area contributed by atoms with E-state index in [-0.39, 0.29) is 11.6 Å². The Labute approximate surface area is 129 Å². The lowest BCUT2D eigenvalue weighted by molar-refractivity contribution is -0.294. The number of carboxylic acids is 1. The van der Waals surface area contributed by atoms with E-state index in [0.717, 1.165) is 16.9 Å². The topological polar surface area (TPSA) is 104 Å². The second kappa shape index (κ2) is 7.23. The van der Waals surface area contributed by atoms with Crippen LogP contribution < -0.4 is 10.4 Å². The van der Waals surface area contributed by atoms with Gasteiger partial charge in [0.05, 0.1) is 23.5 Å². The summed E-state index contributed by atoms with van der Waals surface area (Å²) >= 11 is 1.16. The summed E-state index contributed by atoms with van der Waals surface area (Å²) in [6.07, 6.45) is 5.93. The number of hydrogen-bond acceptors (Lipinski definition) is 7. The number of thiophene rings is 1. The molecule has 0 bridgehead atoms. The number of anilines is 1. The molecule has 1 amide bonds. The standard InChI is InChI=1S/C14H12N2O5S/c1-20-16-13(14(18)19)10-6-12(22-8-10)15-11(17)3-2-9-4-5-21-7-9/h2-8H,1H3,(H,15,17)(H,18,19)/p-1/b3-2+,16-13+. The molecule has 8 heteroatoms. The molecule has 0 spiro atoms. The van der Waals surface area contributed by atoms with E-state index in [0.29, 0.717) is 10.6 Å². The van der Waals surface area contributed by atoms with Crippen LogP contribution in [0.2, 0.25) is 0 Å². The third-order valence-corrected chi connectivity index (χ3v) is 3.31. The second-order valence-corrected chi connectivity index (χ2v) is 4.90. The zero-order chi connectivity index (χ0) is 15.9. The number of carbonyl (C=O) groups is 2. The van der Waals surface area contributed by atoms with E-state index in [1.165, 1.54) is 37.2 Å². The van der Waals surface area contributed by atoms with Crippen LogP contribution in [0.1, 0.15) is 11.1 Å². The summed E-state index contributed by atoms with van der Waals surface area (Å²) in [4.78, 5) is 27.1. The third kappa shape index (κ3) is 4.06. The van der Waals surface area contributed by atoms with E-state index in [2.05, 4.69) is 15.3 Å². The maximum absolute atomic E-state index is 11.7. The SMILES string of the molecule is CO/N=C(/C(=O)[O-])c1csc(NC(=O)/C=C/c2ccoc2)c1. The molecule has 0 aliphatic heterocycles. The highest BCUT2D eigenvalue weighted by Gasteiger charge is 2.10. The fraction of sp³-hybridized carbons (Fsp3) is 0.0714. The largest absolute Gasteiger partial charge is 0.543 e. The van der Waals surface area contributed by atoms with E-state index < -0.39 is 5.97 Å². The average molecular weight is 319 g/mol. The van der Waals surface area contributed by atoms with Crippen LogP contribution in [0.4, 0.5) is 5.00 Å². The molecular weight excluding hydrogens is 308 g/mol. The van der Waals surface area contributed by atoms with Crippen molar-refractivity contribution in [3.8, 4) is 0 Å². The zero-order valence-electron chi connectivity index (χ0n) is 11.4. The number of carboxylic acid groups (broad SMARTS) is 1. The van der Waals surface area contributed by atoms with Crippen molar-refractivity contribution in [2.24, 2.45) is 5.16 Å². The Kier molecular flexibility index (Phi) is 5.10. The highest BCUT2D eigenvalue weighted by atomic mass is 32.1. The summed E-state index contributed by atoms with van der Waals surface area (Å²) in [5.41, 5.74) is 0.711. The highest BCUT2D eigenvalue weighted by molar-refractivity contribution is 7.14. The van der Waals surface area contributed by atoms with Gasteiger partial charge in [-0.15, -0.1) is 11.3 Å². The van der Waals surface area contributed by atoms with E-state index in [1.807, 2.05) is 0 Å². The van der Waals surface area contributed by atoms with E-state index in [9.17, 15) is 14.7 Å². The van der Waals surface area contributed by atoms with Gasteiger partial charge in [0.25, 0.3) is 0 Å². The van der Waals surface area contributed by atoms with Crippen LogP contribution in [0.3, 0.4) is 0 Å². The molecule has 0 saturated heterocycles. The Hall–Kier alpha value is -2.87. The number of hydrogen-bond donors (Lipinski definition) is 1. The predicted molar refractivity (Wildman–Crippen MR) is 79.2 cm³/mol. The molecule has 2 heterocycles. The average Bonchev–Trinajstić information content (AvgIpc) is 3.13. The minimum Gasteiger partial charge on any atom is -0.543 e. The number of rotatable bonds is 6. The van der Waals surface area contributed by atoms with Crippen molar-refractivity contribution in [2.45, 2.75) is 0 Å². The quantitative estimate of drug-likeness (QED) is 0.487. The van der Waals surface area contributed by atoms with Gasteiger partial charge in [-0.1, -0.05) is 5.16 Å². The Morgan fingerprint density at radius 1 is 1.50 bits per heavy atom. The molecule has 0 fully saturated rings. The third-order valence-electron chi connectivity index (χ3n) is 2.47. The van der Waals surface area contributed by atoms with Crippen molar-refractivity contribution in [3.63, 3.8) is 0 Å². The summed E-state index contributed by atoms with van der Waals surface area (Å²) in [5.74, 6) is -1.81. The molecule has 114 valence electrons. The lowest BCUT2D eigenvalue weighted by atomic mass is 10.2. The summed E-state index contributed by atoms with van der Waals surface area (Å²) < 4.78 is 4.87. The molecule has 0 aliphatic rings. The van der Waals surface area contributed by atoms with Gasteiger partial charge in [-0.05, 0) is 18.2 Å². The Balaban J connectivity index is 2.04. The molecule has 0 atom stereocenters. The molecule has 2 rings (SSSR count). The molecule has 2 aromatic rings. The molecule has 1 N–H and O–H groups in total. The summed E-state index contributed by atoms with van der Waals surface area (Å²) in [7, 11) is 1.23. The number of oxime groups is 1.